The van der Waals surface area contributed by atoms with Gasteiger partial charge in [-0.15, -0.1) is 0 Å². The summed E-state index contributed by atoms with van der Waals surface area (Å²) in [5, 5.41) is 5.57. The van der Waals surface area contributed by atoms with Gasteiger partial charge in [0.1, 0.15) is 5.82 Å². The Morgan fingerprint density at radius 1 is 1.26 bits per heavy atom. The zero-order valence-corrected chi connectivity index (χ0v) is 13.4. The molecule has 0 spiro atoms. The molecule has 0 fully saturated rings. The lowest BCUT2D eigenvalue weighted by Crippen LogP contribution is -2.42. The van der Waals surface area contributed by atoms with E-state index in [0.29, 0.717) is 6.54 Å². The number of hydrogen-bond acceptors (Lipinski definition) is 2. The van der Waals surface area contributed by atoms with Crippen molar-refractivity contribution in [2.24, 2.45) is 4.99 Å². The Hall–Kier alpha value is -1.83. The van der Waals surface area contributed by atoms with Gasteiger partial charge in [-0.3, -0.25) is 4.99 Å². The molecular weight excluding hydrogens is 312 g/mol. The van der Waals surface area contributed by atoms with Crippen LogP contribution in [0, 0.1) is 5.82 Å². The first kappa shape index (κ1) is 19.2. The fourth-order valence-electron chi connectivity index (χ4n) is 2.05. The van der Waals surface area contributed by atoms with Crippen molar-refractivity contribution in [2.75, 3.05) is 34.2 Å². The normalized spacial score (nSPS) is 14.0. The van der Waals surface area contributed by atoms with Crippen molar-refractivity contribution >= 4 is 5.96 Å². The summed E-state index contributed by atoms with van der Waals surface area (Å²) in [5.41, 5.74) is 0.772. The van der Waals surface area contributed by atoms with Crippen LogP contribution in [-0.4, -0.2) is 51.3 Å². The van der Waals surface area contributed by atoms with Crippen LogP contribution < -0.4 is 10.6 Å². The maximum atomic E-state index is 13.4. The largest absolute Gasteiger partial charge is 0.390 e. The molecule has 4 nitrogen and oxygen atoms in total. The molecule has 0 saturated carbocycles. The summed E-state index contributed by atoms with van der Waals surface area (Å²) < 4.78 is 49.8. The van der Waals surface area contributed by atoms with Gasteiger partial charge in [0.05, 0.1) is 12.5 Å². The van der Waals surface area contributed by atoms with Crippen molar-refractivity contribution in [3.63, 3.8) is 0 Å². The van der Waals surface area contributed by atoms with Crippen molar-refractivity contribution in [1.29, 1.82) is 0 Å². The van der Waals surface area contributed by atoms with Crippen LogP contribution in [0.1, 0.15) is 18.0 Å². The molecule has 1 aromatic rings. The lowest BCUT2D eigenvalue weighted by molar-refractivity contribution is -0.132. The van der Waals surface area contributed by atoms with Crippen molar-refractivity contribution < 1.29 is 17.6 Å². The minimum atomic E-state index is -4.21. The summed E-state index contributed by atoms with van der Waals surface area (Å²) in [6.45, 7) is 0.123. The average molecular weight is 334 g/mol. The summed E-state index contributed by atoms with van der Waals surface area (Å²) in [6, 6.07) is 6.08. The molecule has 0 saturated heterocycles. The van der Waals surface area contributed by atoms with Gasteiger partial charge in [-0.1, -0.05) is 12.1 Å². The summed E-state index contributed by atoms with van der Waals surface area (Å²) in [4.78, 5) is 5.78. The molecule has 1 atom stereocenters. The fourth-order valence-corrected chi connectivity index (χ4v) is 2.05. The Morgan fingerprint density at radius 3 is 2.48 bits per heavy atom. The highest BCUT2D eigenvalue weighted by Crippen LogP contribution is 2.19. The number of hydrogen-bond donors (Lipinski definition) is 2. The van der Waals surface area contributed by atoms with Crippen molar-refractivity contribution in [3.8, 4) is 0 Å². The van der Waals surface area contributed by atoms with Crippen LogP contribution in [0.3, 0.4) is 0 Å². The molecule has 23 heavy (non-hydrogen) atoms. The molecule has 1 aromatic carbocycles. The van der Waals surface area contributed by atoms with Crippen LogP contribution in [0.25, 0.3) is 0 Å². The molecule has 0 radical (unpaired) electrons. The first-order valence-corrected chi connectivity index (χ1v) is 7.16. The average Bonchev–Trinajstić information content (AvgIpc) is 2.44. The van der Waals surface area contributed by atoms with Gasteiger partial charge in [0.15, 0.2) is 5.96 Å². The second kappa shape index (κ2) is 8.71. The number of nitrogens with zero attached hydrogens (tertiary/aromatic N) is 2. The first-order valence-electron chi connectivity index (χ1n) is 7.16. The van der Waals surface area contributed by atoms with E-state index in [0.717, 1.165) is 5.56 Å². The minimum absolute atomic E-state index is 0.146. The fraction of sp³-hybridized carbons (Fsp3) is 0.533. The molecule has 2 N–H and O–H groups in total. The molecule has 130 valence electrons. The van der Waals surface area contributed by atoms with E-state index in [-0.39, 0.29) is 24.4 Å². The quantitative estimate of drug-likeness (QED) is 0.477. The van der Waals surface area contributed by atoms with Crippen molar-refractivity contribution in [1.82, 2.24) is 15.5 Å². The standard InChI is InChI=1S/C15H22F4N4/c1-20-14(21-8-7-15(17,18)19)22-10-13(23(2)3)11-5-4-6-12(16)9-11/h4-6,9,13H,7-8,10H2,1-3H3,(H2,20,21,22). The Bertz CT molecular complexity index is 514. The number of rotatable bonds is 6. The number of aliphatic imine (C=N–C) groups is 1. The van der Waals surface area contributed by atoms with Crippen LogP contribution in [0.5, 0.6) is 0 Å². The molecule has 0 aliphatic heterocycles. The minimum Gasteiger partial charge on any atom is -0.356 e. The molecule has 0 amide bonds. The Kier molecular flexibility index (Phi) is 7.28. The smallest absolute Gasteiger partial charge is 0.356 e. The Balaban J connectivity index is 2.60. The molecule has 1 unspecified atom stereocenters. The summed E-state index contributed by atoms with van der Waals surface area (Å²) in [5.74, 6) is -0.0560. The van der Waals surface area contributed by atoms with Gasteiger partial charge < -0.3 is 15.5 Å². The highest BCUT2D eigenvalue weighted by Gasteiger charge is 2.26. The van der Waals surface area contributed by atoms with Gasteiger partial charge in [0.2, 0.25) is 0 Å². The maximum absolute atomic E-state index is 13.4. The Labute approximate surface area is 133 Å². The lowest BCUT2D eigenvalue weighted by Gasteiger charge is -2.26. The number of alkyl halides is 3. The first-order chi connectivity index (χ1) is 10.7. The molecule has 0 aliphatic rings. The van der Waals surface area contributed by atoms with Gasteiger partial charge in [0.25, 0.3) is 0 Å². The van der Waals surface area contributed by atoms with Crippen LogP contribution in [-0.2, 0) is 0 Å². The summed E-state index contributed by atoms with van der Waals surface area (Å²) >= 11 is 0. The molecule has 8 heteroatoms. The van der Waals surface area contributed by atoms with Gasteiger partial charge in [-0.05, 0) is 31.8 Å². The SMILES string of the molecule is CN=C(NCCC(F)(F)F)NCC(c1cccc(F)c1)N(C)C. The van der Waals surface area contributed by atoms with E-state index in [1.54, 1.807) is 12.1 Å². The van der Waals surface area contributed by atoms with Crippen molar-refractivity contribution in [3.05, 3.63) is 35.6 Å². The van der Waals surface area contributed by atoms with Gasteiger partial charge in [-0.25, -0.2) is 4.39 Å². The van der Waals surface area contributed by atoms with Gasteiger partial charge in [0, 0.05) is 20.1 Å². The third-order valence-electron chi connectivity index (χ3n) is 3.24. The van der Waals surface area contributed by atoms with E-state index in [1.165, 1.54) is 19.2 Å². The number of halogens is 4. The lowest BCUT2D eigenvalue weighted by atomic mass is 10.1. The number of nitrogens with one attached hydrogen (secondary N) is 2. The van der Waals surface area contributed by atoms with E-state index in [9.17, 15) is 17.6 Å². The highest BCUT2D eigenvalue weighted by atomic mass is 19.4. The van der Waals surface area contributed by atoms with E-state index < -0.39 is 12.6 Å². The third-order valence-corrected chi connectivity index (χ3v) is 3.24. The van der Waals surface area contributed by atoms with Crippen LogP contribution in [0.15, 0.2) is 29.3 Å². The number of guanidine groups is 1. The monoisotopic (exact) mass is 334 g/mol. The third kappa shape index (κ3) is 7.32. The van der Waals surface area contributed by atoms with Crippen LogP contribution in [0.2, 0.25) is 0 Å². The second-order valence-electron chi connectivity index (χ2n) is 5.28. The van der Waals surface area contributed by atoms with E-state index in [2.05, 4.69) is 15.6 Å². The molecule has 0 aromatic heterocycles. The second-order valence-corrected chi connectivity index (χ2v) is 5.28. The predicted molar refractivity (Wildman–Crippen MR) is 82.9 cm³/mol. The molecular formula is C15H22F4N4. The molecule has 0 aliphatic carbocycles. The number of benzene rings is 1. The highest BCUT2D eigenvalue weighted by molar-refractivity contribution is 5.79. The predicted octanol–water partition coefficient (Wildman–Crippen LogP) is 2.55. The topological polar surface area (TPSA) is 39.7 Å². The van der Waals surface area contributed by atoms with Crippen LogP contribution in [0.4, 0.5) is 17.6 Å². The zero-order valence-electron chi connectivity index (χ0n) is 13.4. The molecule has 1 rings (SSSR count). The molecule has 0 bridgehead atoms. The summed E-state index contributed by atoms with van der Waals surface area (Å²) in [7, 11) is 5.17. The van der Waals surface area contributed by atoms with E-state index in [4.69, 9.17) is 0 Å². The van der Waals surface area contributed by atoms with E-state index >= 15 is 0 Å². The van der Waals surface area contributed by atoms with Gasteiger partial charge >= 0.3 is 6.18 Å². The van der Waals surface area contributed by atoms with Gasteiger partial charge in [-0.2, -0.15) is 13.2 Å². The van der Waals surface area contributed by atoms with Crippen LogP contribution >= 0.6 is 0 Å². The van der Waals surface area contributed by atoms with Crippen molar-refractivity contribution in [2.45, 2.75) is 18.6 Å². The maximum Gasteiger partial charge on any atom is 0.390 e. The zero-order chi connectivity index (χ0) is 17.5. The van der Waals surface area contributed by atoms with E-state index in [1.807, 2.05) is 19.0 Å². The number of likely N-dealkylation sites (N-methyl/N-ethyl adjacent to an activating group) is 1. The Morgan fingerprint density at radius 2 is 1.96 bits per heavy atom. The summed E-state index contributed by atoms with van der Waals surface area (Å²) in [6.07, 6.45) is -5.14. The molecule has 0 heterocycles.